The lowest BCUT2D eigenvalue weighted by Crippen LogP contribution is -2.07. The van der Waals surface area contributed by atoms with E-state index in [9.17, 15) is 4.79 Å². The Hall–Kier alpha value is -1.03. The van der Waals surface area contributed by atoms with Gasteiger partial charge in [-0.15, -0.1) is 11.6 Å². The van der Waals surface area contributed by atoms with E-state index in [0.29, 0.717) is 24.4 Å². The van der Waals surface area contributed by atoms with E-state index in [1.807, 2.05) is 6.92 Å². The van der Waals surface area contributed by atoms with Gasteiger partial charge in [-0.25, -0.2) is 4.79 Å². The van der Waals surface area contributed by atoms with E-state index in [2.05, 4.69) is 5.16 Å². The largest absolute Gasteiger partial charge is 0.461 e. The second-order valence-electron chi connectivity index (χ2n) is 2.64. The van der Waals surface area contributed by atoms with Crippen molar-refractivity contribution in [2.24, 2.45) is 0 Å². The molecule has 0 N–H and O–H groups in total. The third-order valence-corrected chi connectivity index (χ3v) is 2.06. The van der Waals surface area contributed by atoms with Gasteiger partial charge in [0.25, 0.3) is 0 Å². The second-order valence-corrected chi connectivity index (χ2v) is 2.91. The highest BCUT2D eigenvalue weighted by Crippen LogP contribution is 2.18. The maximum Gasteiger partial charge on any atom is 0.360 e. The molecule has 0 aromatic carbocycles. The highest BCUT2D eigenvalue weighted by atomic mass is 35.5. The first-order valence-corrected chi connectivity index (χ1v) is 4.98. The van der Waals surface area contributed by atoms with Crippen LogP contribution in [-0.2, 0) is 17.0 Å². The Balaban J connectivity index is 2.96. The van der Waals surface area contributed by atoms with Gasteiger partial charge in [0.2, 0.25) is 0 Å². The highest BCUT2D eigenvalue weighted by molar-refractivity contribution is 6.17. The monoisotopic (exact) mass is 217 g/mol. The maximum absolute atomic E-state index is 11.4. The van der Waals surface area contributed by atoms with Crippen LogP contribution in [0.4, 0.5) is 0 Å². The Bertz CT molecular complexity index is 322. The summed E-state index contributed by atoms with van der Waals surface area (Å²) in [5.74, 6) is 0.371. The first-order valence-electron chi connectivity index (χ1n) is 4.45. The van der Waals surface area contributed by atoms with Crippen molar-refractivity contribution >= 4 is 17.6 Å². The molecule has 0 saturated carbocycles. The fourth-order valence-corrected chi connectivity index (χ4v) is 1.39. The molecule has 0 bridgehead atoms. The van der Waals surface area contributed by atoms with Gasteiger partial charge >= 0.3 is 5.97 Å². The molecule has 1 aromatic heterocycles. The quantitative estimate of drug-likeness (QED) is 0.573. The molecule has 0 unspecified atom stereocenters. The number of hydrogen-bond acceptors (Lipinski definition) is 4. The fourth-order valence-electron chi connectivity index (χ4n) is 1.12. The molecule has 1 rings (SSSR count). The Morgan fingerprint density at radius 2 is 2.29 bits per heavy atom. The van der Waals surface area contributed by atoms with Gasteiger partial charge in [0.1, 0.15) is 5.76 Å². The average molecular weight is 218 g/mol. The van der Waals surface area contributed by atoms with Gasteiger partial charge in [-0.2, -0.15) is 0 Å². The molecule has 1 aromatic rings. The molecule has 0 atom stereocenters. The smallest absolute Gasteiger partial charge is 0.360 e. The van der Waals surface area contributed by atoms with Gasteiger partial charge in [-0.1, -0.05) is 12.1 Å². The van der Waals surface area contributed by atoms with Gasteiger partial charge in [0, 0.05) is 12.0 Å². The van der Waals surface area contributed by atoms with Crippen LogP contribution < -0.4 is 0 Å². The molecule has 0 aliphatic rings. The van der Waals surface area contributed by atoms with Gasteiger partial charge in [0.15, 0.2) is 5.69 Å². The van der Waals surface area contributed by atoms with Crippen LogP contribution in [-0.4, -0.2) is 17.7 Å². The third-order valence-electron chi connectivity index (χ3n) is 1.79. The standard InChI is InChI=1S/C9H12ClNO3/c1-3-7-6(5-10)8(11-14-7)9(12)13-4-2/h3-5H2,1-2H3. The number of esters is 1. The van der Waals surface area contributed by atoms with Crippen molar-refractivity contribution in [1.82, 2.24) is 5.16 Å². The predicted molar refractivity (Wildman–Crippen MR) is 51.4 cm³/mol. The summed E-state index contributed by atoms with van der Waals surface area (Å²) in [6, 6.07) is 0. The molecular weight excluding hydrogens is 206 g/mol. The average Bonchev–Trinajstić information content (AvgIpc) is 2.60. The molecule has 0 aliphatic heterocycles. The number of carbonyl (C=O) groups excluding carboxylic acids is 1. The number of nitrogens with zero attached hydrogens (tertiary/aromatic N) is 1. The molecule has 0 saturated heterocycles. The number of carbonyl (C=O) groups is 1. The van der Waals surface area contributed by atoms with Gasteiger partial charge in [-0.3, -0.25) is 0 Å². The Morgan fingerprint density at radius 3 is 2.79 bits per heavy atom. The first kappa shape index (κ1) is 11.0. The Labute approximate surface area is 87.2 Å². The molecule has 0 spiro atoms. The summed E-state index contributed by atoms with van der Waals surface area (Å²) >= 11 is 5.69. The van der Waals surface area contributed by atoms with Crippen molar-refractivity contribution in [2.45, 2.75) is 26.1 Å². The van der Waals surface area contributed by atoms with E-state index in [4.69, 9.17) is 20.9 Å². The molecule has 4 nitrogen and oxygen atoms in total. The summed E-state index contributed by atoms with van der Waals surface area (Å²) in [5.41, 5.74) is 0.825. The minimum absolute atomic E-state index is 0.193. The Kier molecular flexibility index (Phi) is 3.95. The minimum atomic E-state index is -0.480. The molecule has 0 aliphatic carbocycles. The number of halogens is 1. The summed E-state index contributed by atoms with van der Waals surface area (Å²) in [4.78, 5) is 11.4. The number of ether oxygens (including phenoxy) is 1. The number of rotatable bonds is 4. The molecule has 5 heteroatoms. The molecular formula is C9H12ClNO3. The molecule has 0 amide bonds. The molecule has 0 radical (unpaired) electrons. The van der Waals surface area contributed by atoms with Gasteiger partial charge < -0.3 is 9.26 Å². The van der Waals surface area contributed by atoms with Crippen molar-refractivity contribution in [3.05, 3.63) is 17.0 Å². The van der Waals surface area contributed by atoms with Crippen LogP contribution in [0.15, 0.2) is 4.52 Å². The lowest BCUT2D eigenvalue weighted by molar-refractivity contribution is 0.0513. The summed E-state index contributed by atoms with van der Waals surface area (Å²) in [5, 5.41) is 3.64. The zero-order chi connectivity index (χ0) is 10.6. The van der Waals surface area contributed by atoms with Crippen molar-refractivity contribution in [3.63, 3.8) is 0 Å². The summed E-state index contributed by atoms with van der Waals surface area (Å²) in [6.07, 6.45) is 0.661. The predicted octanol–water partition coefficient (Wildman–Crippen LogP) is 2.15. The Morgan fingerprint density at radius 1 is 1.57 bits per heavy atom. The zero-order valence-electron chi connectivity index (χ0n) is 8.17. The number of alkyl halides is 1. The minimum Gasteiger partial charge on any atom is -0.461 e. The molecule has 14 heavy (non-hydrogen) atoms. The topological polar surface area (TPSA) is 52.3 Å². The summed E-state index contributed by atoms with van der Waals surface area (Å²) in [6.45, 7) is 3.96. The van der Waals surface area contributed by atoms with Crippen LogP contribution >= 0.6 is 11.6 Å². The van der Waals surface area contributed by atoms with Crippen LogP contribution in [0.3, 0.4) is 0 Å². The second kappa shape index (κ2) is 5.00. The third kappa shape index (κ3) is 2.07. The SMILES string of the molecule is CCOC(=O)c1noc(CC)c1CCl. The fraction of sp³-hybridized carbons (Fsp3) is 0.556. The maximum atomic E-state index is 11.4. The van der Waals surface area contributed by atoms with E-state index >= 15 is 0 Å². The van der Waals surface area contributed by atoms with Crippen LogP contribution in [0.5, 0.6) is 0 Å². The number of hydrogen-bond donors (Lipinski definition) is 0. The van der Waals surface area contributed by atoms with Crippen molar-refractivity contribution < 1.29 is 14.1 Å². The highest BCUT2D eigenvalue weighted by Gasteiger charge is 2.20. The van der Waals surface area contributed by atoms with Crippen molar-refractivity contribution in [3.8, 4) is 0 Å². The first-order chi connectivity index (χ1) is 6.74. The lowest BCUT2D eigenvalue weighted by Gasteiger charge is -1.98. The lowest BCUT2D eigenvalue weighted by atomic mass is 10.2. The molecule has 0 fully saturated rings. The van der Waals surface area contributed by atoms with Crippen LogP contribution in [0.2, 0.25) is 0 Å². The van der Waals surface area contributed by atoms with Crippen LogP contribution in [0.25, 0.3) is 0 Å². The van der Waals surface area contributed by atoms with E-state index in [1.54, 1.807) is 6.92 Å². The van der Waals surface area contributed by atoms with E-state index in [-0.39, 0.29) is 11.6 Å². The normalized spacial score (nSPS) is 10.2. The van der Waals surface area contributed by atoms with E-state index < -0.39 is 5.97 Å². The van der Waals surface area contributed by atoms with Gasteiger partial charge in [-0.05, 0) is 6.92 Å². The van der Waals surface area contributed by atoms with Crippen molar-refractivity contribution in [1.29, 1.82) is 0 Å². The summed E-state index contributed by atoms with van der Waals surface area (Å²) in [7, 11) is 0. The number of aryl methyl sites for hydroxylation is 1. The van der Waals surface area contributed by atoms with Crippen LogP contribution in [0, 0.1) is 0 Å². The van der Waals surface area contributed by atoms with Gasteiger partial charge in [0.05, 0.1) is 12.5 Å². The number of aromatic nitrogens is 1. The zero-order valence-corrected chi connectivity index (χ0v) is 8.93. The van der Waals surface area contributed by atoms with E-state index in [1.165, 1.54) is 0 Å². The van der Waals surface area contributed by atoms with E-state index in [0.717, 1.165) is 0 Å². The summed E-state index contributed by atoms with van der Waals surface area (Å²) < 4.78 is 9.78. The van der Waals surface area contributed by atoms with Crippen LogP contribution in [0.1, 0.15) is 35.7 Å². The van der Waals surface area contributed by atoms with Crippen molar-refractivity contribution in [2.75, 3.05) is 6.61 Å². The molecule has 1 heterocycles. The molecule has 78 valence electrons.